The first-order chi connectivity index (χ1) is 22.3. The molecule has 0 saturated heterocycles. The summed E-state index contributed by atoms with van der Waals surface area (Å²) in [6.45, 7) is 0. The molecule has 0 amide bonds. The fourth-order valence-corrected chi connectivity index (χ4v) is 7.12. The van der Waals surface area contributed by atoms with Gasteiger partial charge >= 0.3 is 16.8 Å². The van der Waals surface area contributed by atoms with Crippen LogP contribution < -0.4 is 0 Å². The summed E-state index contributed by atoms with van der Waals surface area (Å²) < 4.78 is 3.60. The molecule has 3 aromatic carbocycles. The molecule has 0 saturated carbocycles. The van der Waals surface area contributed by atoms with Gasteiger partial charge in [-0.3, -0.25) is 15.0 Å². The van der Waals surface area contributed by atoms with E-state index in [2.05, 4.69) is 66.7 Å². The predicted octanol–water partition coefficient (Wildman–Crippen LogP) is 9.47. The summed E-state index contributed by atoms with van der Waals surface area (Å²) in [5.74, 6) is 0. The number of fused-ring (bicyclic) bond motifs is 3. The number of thiazole rings is 3. The second-order valence-electron chi connectivity index (χ2n) is 9.45. The summed E-state index contributed by atoms with van der Waals surface area (Å²) in [6, 6.07) is 36.0. The van der Waals surface area contributed by atoms with Crippen LogP contribution in [0.3, 0.4) is 0 Å². The Balaban J connectivity index is 0.000000120. The second-order valence-corrected chi connectivity index (χ2v) is 12.5. The van der Waals surface area contributed by atoms with E-state index < -0.39 is 0 Å². The zero-order chi connectivity index (χ0) is 30.3. The molecule has 10 heteroatoms. The summed E-state index contributed by atoms with van der Waals surface area (Å²) in [5, 5.41) is 2.93. The van der Waals surface area contributed by atoms with Crippen molar-refractivity contribution in [3.63, 3.8) is 0 Å². The minimum absolute atomic E-state index is 0. The molecular weight excluding hydrogens is 672 g/mol. The van der Waals surface area contributed by atoms with Gasteiger partial charge in [0.15, 0.2) is 0 Å². The molecule has 0 atom stereocenters. The van der Waals surface area contributed by atoms with Gasteiger partial charge in [-0.05, 0) is 55.0 Å². The first-order valence-electron chi connectivity index (χ1n) is 13.9. The van der Waals surface area contributed by atoms with Crippen LogP contribution in [0.25, 0.3) is 62.4 Å². The van der Waals surface area contributed by atoms with Crippen molar-refractivity contribution in [2.45, 2.75) is 0 Å². The molecule has 0 N–H and O–H groups in total. The maximum Gasteiger partial charge on any atom is 3.00 e. The number of aromatic nitrogens is 6. The van der Waals surface area contributed by atoms with E-state index in [1.807, 2.05) is 91.0 Å². The summed E-state index contributed by atoms with van der Waals surface area (Å²) in [4.78, 5) is 25.5. The van der Waals surface area contributed by atoms with Gasteiger partial charge in [-0.1, -0.05) is 71.7 Å². The Morgan fingerprint density at radius 1 is 0.370 bits per heavy atom. The molecule has 6 aromatic heterocycles. The maximum atomic E-state index is 4.53. The van der Waals surface area contributed by atoms with Crippen molar-refractivity contribution >= 4 is 64.7 Å². The minimum Gasteiger partial charge on any atom is -0.360 e. The molecule has 6 heterocycles. The van der Waals surface area contributed by atoms with Crippen LogP contribution in [0.2, 0.25) is 0 Å². The molecular formula is C36H21CoN6S3. The van der Waals surface area contributed by atoms with Gasteiger partial charge in [0.2, 0.25) is 0 Å². The van der Waals surface area contributed by atoms with Crippen molar-refractivity contribution in [3.8, 4) is 31.7 Å². The summed E-state index contributed by atoms with van der Waals surface area (Å²) >= 11 is 5.00. The third-order valence-electron chi connectivity index (χ3n) is 6.40. The van der Waals surface area contributed by atoms with Crippen molar-refractivity contribution in [3.05, 3.63) is 146 Å². The summed E-state index contributed by atoms with van der Waals surface area (Å²) in [5.41, 5.74) is 5.98. The van der Waals surface area contributed by atoms with Crippen LogP contribution in [0.15, 0.2) is 128 Å². The van der Waals surface area contributed by atoms with Gasteiger partial charge in [-0.15, -0.1) is 36.4 Å². The smallest absolute Gasteiger partial charge is 0.360 e. The van der Waals surface area contributed by atoms with Crippen molar-refractivity contribution in [1.82, 2.24) is 29.9 Å². The number of benzene rings is 3. The molecule has 222 valence electrons. The van der Waals surface area contributed by atoms with E-state index in [1.54, 1.807) is 52.6 Å². The van der Waals surface area contributed by atoms with Crippen LogP contribution in [-0.4, -0.2) is 29.9 Å². The number of pyridine rings is 3. The third kappa shape index (κ3) is 7.39. The zero-order valence-corrected chi connectivity index (χ0v) is 27.4. The van der Waals surface area contributed by atoms with Gasteiger partial charge in [0.25, 0.3) is 0 Å². The monoisotopic (exact) mass is 692 g/mol. The van der Waals surface area contributed by atoms with Gasteiger partial charge in [-0.25, -0.2) is 0 Å². The van der Waals surface area contributed by atoms with E-state index in [0.717, 1.165) is 48.3 Å². The fourth-order valence-electron chi connectivity index (χ4n) is 4.30. The molecule has 6 nitrogen and oxygen atoms in total. The molecule has 0 fully saturated rings. The average molecular weight is 693 g/mol. The third-order valence-corrected chi connectivity index (χ3v) is 9.61. The Bertz CT molecular complexity index is 1930. The van der Waals surface area contributed by atoms with Gasteiger partial charge in [0.05, 0.1) is 16.6 Å². The molecule has 0 aliphatic carbocycles. The van der Waals surface area contributed by atoms with Crippen LogP contribution in [-0.2, 0) is 16.8 Å². The van der Waals surface area contributed by atoms with Crippen molar-refractivity contribution in [2.75, 3.05) is 0 Å². The van der Waals surface area contributed by atoms with E-state index >= 15 is 0 Å². The summed E-state index contributed by atoms with van der Waals surface area (Å²) in [7, 11) is 0. The quantitative estimate of drug-likeness (QED) is 0.172. The first-order valence-corrected chi connectivity index (χ1v) is 16.3. The number of hydrogen-bond acceptors (Lipinski definition) is 9. The first kappa shape index (κ1) is 31.3. The van der Waals surface area contributed by atoms with Crippen LogP contribution in [0, 0.1) is 18.6 Å². The van der Waals surface area contributed by atoms with Crippen LogP contribution in [0.4, 0.5) is 0 Å². The van der Waals surface area contributed by atoms with E-state index in [1.165, 1.54) is 14.1 Å². The average Bonchev–Trinajstić information content (AvgIpc) is 3.87. The molecule has 0 aliphatic heterocycles. The fraction of sp³-hybridized carbons (Fsp3) is 0. The standard InChI is InChI=1S/3C12H7N2S.Co/c3*1-2-6-11-10(5-1)14-12(15-11)9-4-3-7-13-8-9;/h3*1-7H;/q3*-1;+3. The molecule has 0 aliphatic rings. The Kier molecular flexibility index (Phi) is 10.2. The van der Waals surface area contributed by atoms with Crippen LogP contribution in [0.1, 0.15) is 0 Å². The molecule has 9 rings (SSSR count). The van der Waals surface area contributed by atoms with Gasteiger partial charge in [0, 0.05) is 29.1 Å². The van der Waals surface area contributed by atoms with Crippen molar-refractivity contribution in [2.24, 2.45) is 0 Å². The maximum absolute atomic E-state index is 4.53. The van der Waals surface area contributed by atoms with E-state index in [9.17, 15) is 0 Å². The second kappa shape index (κ2) is 15.0. The van der Waals surface area contributed by atoms with Crippen molar-refractivity contribution < 1.29 is 16.8 Å². The topological polar surface area (TPSA) is 77.3 Å². The van der Waals surface area contributed by atoms with Crippen LogP contribution >= 0.6 is 34.0 Å². The van der Waals surface area contributed by atoms with Crippen molar-refractivity contribution in [1.29, 1.82) is 0 Å². The Morgan fingerprint density at radius 2 is 0.674 bits per heavy atom. The van der Waals surface area contributed by atoms with Crippen LogP contribution in [0.5, 0.6) is 0 Å². The van der Waals surface area contributed by atoms with Gasteiger partial charge in [-0.2, -0.15) is 34.0 Å². The summed E-state index contributed by atoms with van der Waals surface area (Å²) in [6.07, 6.45) is 14.0. The zero-order valence-electron chi connectivity index (χ0n) is 23.9. The molecule has 0 spiro atoms. The minimum atomic E-state index is 0. The Hall–Kier alpha value is -4.71. The van der Waals surface area contributed by atoms with Gasteiger partial charge < -0.3 is 15.0 Å². The number of hydrogen-bond donors (Lipinski definition) is 0. The van der Waals surface area contributed by atoms with Gasteiger partial charge in [0.1, 0.15) is 0 Å². The normalized spacial score (nSPS) is 10.4. The number of rotatable bonds is 3. The molecule has 0 unspecified atom stereocenters. The predicted molar refractivity (Wildman–Crippen MR) is 185 cm³/mol. The molecule has 9 aromatic rings. The number of nitrogens with zero attached hydrogens (tertiary/aromatic N) is 6. The largest absolute Gasteiger partial charge is 3.00 e. The number of para-hydroxylation sites is 3. The molecule has 0 bridgehead atoms. The molecule has 46 heavy (non-hydrogen) atoms. The van der Waals surface area contributed by atoms with E-state index in [-0.39, 0.29) is 16.8 Å². The van der Waals surface area contributed by atoms with E-state index in [4.69, 9.17) is 0 Å². The molecule has 0 radical (unpaired) electrons. The SMILES string of the molecule is [Co+3].[c-]1ncccc1-c1nc2ccccc2s1.[c-]1ncccc1-c1nc2ccccc2s1.[c-]1ncccc1-c1nc2ccccc2s1. The van der Waals surface area contributed by atoms with E-state index in [0.29, 0.717) is 0 Å². The Labute approximate surface area is 287 Å². The Morgan fingerprint density at radius 3 is 0.935 bits per heavy atom.